The number of hydrogen-bond donors (Lipinski definition) is 1. The van der Waals surface area contributed by atoms with Gasteiger partial charge in [-0.2, -0.15) is 5.10 Å². The minimum absolute atomic E-state index is 0.486. The highest BCUT2D eigenvalue weighted by Gasteiger charge is 2.02. The summed E-state index contributed by atoms with van der Waals surface area (Å²) in [5.41, 5.74) is 2.23. The summed E-state index contributed by atoms with van der Waals surface area (Å²) in [7, 11) is 0. The zero-order valence-corrected chi connectivity index (χ0v) is 8.78. The number of nitrogens with zero attached hydrogens (tertiary/aromatic N) is 1. The molecular weight excluding hydrogens is 244 g/mol. The summed E-state index contributed by atoms with van der Waals surface area (Å²) in [6, 6.07) is 9.47. The Morgan fingerprint density at radius 1 is 1.36 bits per heavy atom. The first-order valence-corrected chi connectivity index (χ1v) is 4.85. The molecule has 0 atom stereocenters. The van der Waals surface area contributed by atoms with E-state index in [0.29, 0.717) is 5.69 Å². The molecular formula is C10H7BrN2O. The van der Waals surface area contributed by atoms with Crippen LogP contribution in [0.4, 0.5) is 0 Å². The molecule has 0 fully saturated rings. The standard InChI is InChI=1S/C10H7BrN2O/c11-8-3-1-2-7(4-8)10-5-9(6-14)12-13-10/h1-6H,(H,12,13). The van der Waals surface area contributed by atoms with Crippen molar-refractivity contribution in [2.24, 2.45) is 0 Å². The number of aldehydes is 1. The molecule has 1 N–H and O–H groups in total. The molecule has 0 amide bonds. The Morgan fingerprint density at radius 2 is 2.21 bits per heavy atom. The summed E-state index contributed by atoms with van der Waals surface area (Å²) in [5.74, 6) is 0. The molecule has 1 aromatic heterocycles. The van der Waals surface area contributed by atoms with E-state index in [4.69, 9.17) is 0 Å². The van der Waals surface area contributed by atoms with Crippen molar-refractivity contribution in [1.82, 2.24) is 10.2 Å². The average molecular weight is 251 g/mol. The number of H-pyrrole nitrogens is 1. The molecule has 0 bridgehead atoms. The smallest absolute Gasteiger partial charge is 0.167 e. The monoisotopic (exact) mass is 250 g/mol. The van der Waals surface area contributed by atoms with Crippen molar-refractivity contribution >= 4 is 22.2 Å². The summed E-state index contributed by atoms with van der Waals surface area (Å²) < 4.78 is 0.991. The number of hydrogen-bond acceptors (Lipinski definition) is 2. The number of nitrogens with one attached hydrogen (secondary N) is 1. The number of carbonyl (C=O) groups excluding carboxylic acids is 1. The predicted octanol–water partition coefficient (Wildman–Crippen LogP) is 2.65. The van der Waals surface area contributed by atoms with Gasteiger partial charge in [0, 0.05) is 10.0 Å². The third-order valence-corrected chi connectivity index (χ3v) is 2.34. The van der Waals surface area contributed by atoms with E-state index in [9.17, 15) is 4.79 Å². The van der Waals surface area contributed by atoms with Gasteiger partial charge in [0.1, 0.15) is 0 Å². The Hall–Kier alpha value is -1.42. The van der Waals surface area contributed by atoms with Gasteiger partial charge in [0.2, 0.25) is 0 Å². The first kappa shape index (κ1) is 9.15. The van der Waals surface area contributed by atoms with Crippen LogP contribution < -0.4 is 0 Å². The molecule has 1 aromatic carbocycles. The van der Waals surface area contributed by atoms with Gasteiger partial charge in [-0.3, -0.25) is 9.89 Å². The molecule has 70 valence electrons. The minimum atomic E-state index is 0.486. The third kappa shape index (κ3) is 1.75. The second-order valence-electron chi connectivity index (χ2n) is 2.84. The van der Waals surface area contributed by atoms with E-state index in [1.165, 1.54) is 0 Å². The number of aromatic amines is 1. The van der Waals surface area contributed by atoms with Gasteiger partial charge in [0.05, 0.1) is 11.4 Å². The SMILES string of the molecule is O=Cc1cc(-c2cccc(Br)c2)n[nH]1. The second kappa shape index (κ2) is 3.75. The molecule has 0 radical (unpaired) electrons. The molecule has 0 aliphatic carbocycles. The second-order valence-corrected chi connectivity index (χ2v) is 3.75. The normalized spacial score (nSPS) is 10.1. The first-order valence-electron chi connectivity index (χ1n) is 4.06. The van der Waals surface area contributed by atoms with Crippen molar-refractivity contribution in [3.8, 4) is 11.3 Å². The van der Waals surface area contributed by atoms with Crippen LogP contribution in [0.3, 0.4) is 0 Å². The summed E-state index contributed by atoms with van der Waals surface area (Å²) in [5, 5.41) is 6.66. The quantitative estimate of drug-likeness (QED) is 0.834. The lowest BCUT2D eigenvalue weighted by atomic mass is 10.1. The number of carbonyl (C=O) groups is 1. The first-order chi connectivity index (χ1) is 6.79. The lowest BCUT2D eigenvalue weighted by molar-refractivity contribution is 0.111. The van der Waals surface area contributed by atoms with Crippen LogP contribution in [0.1, 0.15) is 10.5 Å². The summed E-state index contributed by atoms with van der Waals surface area (Å²) in [4.78, 5) is 10.4. The molecule has 2 aromatic rings. The largest absolute Gasteiger partial charge is 0.296 e. The van der Waals surface area contributed by atoms with Crippen LogP contribution in [0.15, 0.2) is 34.8 Å². The van der Waals surface area contributed by atoms with Crippen LogP contribution >= 0.6 is 15.9 Å². The van der Waals surface area contributed by atoms with E-state index in [2.05, 4.69) is 26.1 Å². The average Bonchev–Trinajstić information content (AvgIpc) is 2.66. The highest BCUT2D eigenvalue weighted by molar-refractivity contribution is 9.10. The Bertz CT molecular complexity index is 465. The Labute approximate surface area is 89.3 Å². The number of halogens is 1. The van der Waals surface area contributed by atoms with Gasteiger partial charge < -0.3 is 0 Å². The van der Waals surface area contributed by atoms with Gasteiger partial charge in [-0.25, -0.2) is 0 Å². The van der Waals surface area contributed by atoms with Gasteiger partial charge in [-0.15, -0.1) is 0 Å². The van der Waals surface area contributed by atoms with Gasteiger partial charge in [-0.05, 0) is 18.2 Å². The van der Waals surface area contributed by atoms with E-state index >= 15 is 0 Å². The van der Waals surface area contributed by atoms with Crippen LogP contribution in [0.2, 0.25) is 0 Å². The van der Waals surface area contributed by atoms with E-state index in [-0.39, 0.29) is 0 Å². The molecule has 3 nitrogen and oxygen atoms in total. The molecule has 0 spiro atoms. The van der Waals surface area contributed by atoms with E-state index in [1.807, 2.05) is 24.3 Å². The highest BCUT2D eigenvalue weighted by Crippen LogP contribution is 2.21. The number of benzene rings is 1. The molecule has 4 heteroatoms. The highest BCUT2D eigenvalue weighted by atomic mass is 79.9. The zero-order chi connectivity index (χ0) is 9.97. The van der Waals surface area contributed by atoms with Crippen LogP contribution in [-0.4, -0.2) is 16.5 Å². The predicted molar refractivity (Wildman–Crippen MR) is 57.1 cm³/mol. The maximum absolute atomic E-state index is 10.4. The molecule has 0 saturated carbocycles. The van der Waals surface area contributed by atoms with Gasteiger partial charge in [-0.1, -0.05) is 28.1 Å². The molecule has 0 aliphatic heterocycles. The Balaban J connectivity index is 2.43. The fourth-order valence-corrected chi connectivity index (χ4v) is 1.59. The minimum Gasteiger partial charge on any atom is -0.296 e. The van der Waals surface area contributed by atoms with E-state index < -0.39 is 0 Å². The van der Waals surface area contributed by atoms with E-state index in [0.717, 1.165) is 22.0 Å². The summed E-state index contributed by atoms with van der Waals surface area (Å²) in [6.07, 6.45) is 0.745. The van der Waals surface area contributed by atoms with Crippen molar-refractivity contribution in [2.45, 2.75) is 0 Å². The van der Waals surface area contributed by atoms with Crippen molar-refractivity contribution < 1.29 is 4.79 Å². The van der Waals surface area contributed by atoms with Gasteiger partial charge >= 0.3 is 0 Å². The molecule has 2 rings (SSSR count). The Morgan fingerprint density at radius 3 is 2.86 bits per heavy atom. The number of rotatable bonds is 2. The maximum atomic E-state index is 10.4. The zero-order valence-electron chi connectivity index (χ0n) is 7.20. The fourth-order valence-electron chi connectivity index (χ4n) is 1.19. The van der Waals surface area contributed by atoms with E-state index in [1.54, 1.807) is 6.07 Å². The summed E-state index contributed by atoms with van der Waals surface area (Å²) >= 11 is 3.38. The Kier molecular flexibility index (Phi) is 2.45. The lowest BCUT2D eigenvalue weighted by Crippen LogP contribution is -1.77. The van der Waals surface area contributed by atoms with Crippen molar-refractivity contribution in [1.29, 1.82) is 0 Å². The molecule has 14 heavy (non-hydrogen) atoms. The van der Waals surface area contributed by atoms with Gasteiger partial charge in [0.15, 0.2) is 6.29 Å². The maximum Gasteiger partial charge on any atom is 0.167 e. The van der Waals surface area contributed by atoms with Crippen molar-refractivity contribution in [3.05, 3.63) is 40.5 Å². The van der Waals surface area contributed by atoms with Crippen LogP contribution in [0.25, 0.3) is 11.3 Å². The van der Waals surface area contributed by atoms with Crippen molar-refractivity contribution in [3.63, 3.8) is 0 Å². The van der Waals surface area contributed by atoms with Crippen LogP contribution in [0.5, 0.6) is 0 Å². The molecule has 1 heterocycles. The third-order valence-electron chi connectivity index (χ3n) is 1.85. The fraction of sp³-hybridized carbons (Fsp3) is 0. The van der Waals surface area contributed by atoms with Crippen LogP contribution in [0, 0.1) is 0 Å². The summed E-state index contributed by atoms with van der Waals surface area (Å²) in [6.45, 7) is 0. The van der Waals surface area contributed by atoms with Gasteiger partial charge in [0.25, 0.3) is 0 Å². The molecule has 0 aliphatic rings. The number of aromatic nitrogens is 2. The van der Waals surface area contributed by atoms with Crippen molar-refractivity contribution in [2.75, 3.05) is 0 Å². The molecule has 0 saturated heterocycles. The topological polar surface area (TPSA) is 45.8 Å². The van der Waals surface area contributed by atoms with Crippen LogP contribution in [-0.2, 0) is 0 Å². The molecule has 0 unspecified atom stereocenters. The lowest BCUT2D eigenvalue weighted by Gasteiger charge is -1.95.